The highest BCUT2D eigenvalue weighted by molar-refractivity contribution is 7.90. The molecular formula is C9H8N2O4S. The highest BCUT2D eigenvalue weighted by Crippen LogP contribution is 2.28. The van der Waals surface area contributed by atoms with Gasteiger partial charge < -0.3 is 4.98 Å². The predicted octanol–water partition coefficient (Wildman–Crippen LogP) is 1.48. The Balaban J connectivity index is 2.87. The third-order valence-corrected chi connectivity index (χ3v) is 3.33. The molecule has 0 fully saturated rings. The van der Waals surface area contributed by atoms with Gasteiger partial charge in [0.2, 0.25) is 0 Å². The maximum Gasteiger partial charge on any atom is 0.294 e. The molecular weight excluding hydrogens is 232 g/mol. The highest BCUT2D eigenvalue weighted by Gasteiger charge is 2.18. The van der Waals surface area contributed by atoms with E-state index in [9.17, 15) is 18.5 Å². The second kappa shape index (κ2) is 3.31. The first-order valence-corrected chi connectivity index (χ1v) is 6.24. The third kappa shape index (κ3) is 1.65. The second-order valence-electron chi connectivity index (χ2n) is 3.41. The van der Waals surface area contributed by atoms with E-state index in [0.29, 0.717) is 10.9 Å². The van der Waals surface area contributed by atoms with Gasteiger partial charge >= 0.3 is 0 Å². The number of H-pyrrole nitrogens is 1. The fourth-order valence-electron chi connectivity index (χ4n) is 1.48. The summed E-state index contributed by atoms with van der Waals surface area (Å²) >= 11 is 0. The maximum atomic E-state index is 11.3. The number of nitro benzene ring substituents is 1. The Hall–Kier alpha value is -1.89. The van der Waals surface area contributed by atoms with Gasteiger partial charge in [0.1, 0.15) is 5.52 Å². The molecule has 16 heavy (non-hydrogen) atoms. The molecule has 0 saturated carbocycles. The summed E-state index contributed by atoms with van der Waals surface area (Å²) in [4.78, 5) is 12.8. The van der Waals surface area contributed by atoms with Gasteiger partial charge in [0, 0.05) is 23.9 Å². The molecule has 1 aromatic carbocycles. The first kappa shape index (κ1) is 10.6. The quantitative estimate of drug-likeness (QED) is 0.635. The van der Waals surface area contributed by atoms with Gasteiger partial charge in [-0.1, -0.05) is 0 Å². The zero-order valence-corrected chi connectivity index (χ0v) is 9.11. The zero-order valence-electron chi connectivity index (χ0n) is 8.30. The SMILES string of the molecule is CS(=O)(=O)c1cc([N+](=O)[O-])c2[nH]ccc2c1. The van der Waals surface area contributed by atoms with E-state index in [1.807, 2.05) is 0 Å². The fourth-order valence-corrected chi connectivity index (χ4v) is 2.15. The van der Waals surface area contributed by atoms with Crippen molar-refractivity contribution in [3.63, 3.8) is 0 Å². The van der Waals surface area contributed by atoms with Crippen molar-refractivity contribution in [2.24, 2.45) is 0 Å². The lowest BCUT2D eigenvalue weighted by Gasteiger charge is -1.99. The number of non-ortho nitro benzene ring substituents is 1. The largest absolute Gasteiger partial charge is 0.356 e. The van der Waals surface area contributed by atoms with E-state index in [1.165, 1.54) is 12.3 Å². The van der Waals surface area contributed by atoms with E-state index in [4.69, 9.17) is 0 Å². The van der Waals surface area contributed by atoms with Crippen molar-refractivity contribution in [3.8, 4) is 0 Å². The van der Waals surface area contributed by atoms with E-state index in [-0.39, 0.29) is 10.6 Å². The van der Waals surface area contributed by atoms with Gasteiger partial charge in [-0.25, -0.2) is 8.42 Å². The van der Waals surface area contributed by atoms with Gasteiger partial charge in [-0.15, -0.1) is 0 Å². The molecule has 0 aliphatic carbocycles. The lowest BCUT2D eigenvalue weighted by Crippen LogP contribution is -1.99. The van der Waals surface area contributed by atoms with E-state index < -0.39 is 14.8 Å². The Morgan fingerprint density at radius 3 is 2.62 bits per heavy atom. The molecule has 0 saturated heterocycles. The molecule has 0 atom stereocenters. The lowest BCUT2D eigenvalue weighted by molar-refractivity contribution is -0.383. The van der Waals surface area contributed by atoms with Crippen LogP contribution in [-0.2, 0) is 9.84 Å². The average Bonchev–Trinajstić information content (AvgIpc) is 2.61. The molecule has 0 unspecified atom stereocenters. The standard InChI is InChI=1S/C9H8N2O4S/c1-16(14,15)7-4-6-2-3-10-9(6)8(5-7)11(12)13/h2-5,10H,1H3. The smallest absolute Gasteiger partial charge is 0.294 e. The number of nitrogens with zero attached hydrogens (tertiary/aromatic N) is 1. The number of benzene rings is 1. The summed E-state index contributed by atoms with van der Waals surface area (Å²) in [7, 11) is -3.45. The zero-order chi connectivity index (χ0) is 11.9. The van der Waals surface area contributed by atoms with Crippen LogP contribution in [0.3, 0.4) is 0 Å². The topological polar surface area (TPSA) is 93.1 Å². The summed E-state index contributed by atoms with van der Waals surface area (Å²) < 4.78 is 22.7. The van der Waals surface area contributed by atoms with Gasteiger partial charge in [-0.05, 0) is 12.1 Å². The molecule has 0 aliphatic rings. The molecule has 0 aliphatic heterocycles. The molecule has 0 bridgehead atoms. The van der Waals surface area contributed by atoms with Crippen LogP contribution in [0.2, 0.25) is 0 Å². The number of sulfone groups is 1. The van der Waals surface area contributed by atoms with Gasteiger partial charge in [0.05, 0.1) is 9.82 Å². The normalized spacial score (nSPS) is 11.8. The van der Waals surface area contributed by atoms with Crippen LogP contribution < -0.4 is 0 Å². The van der Waals surface area contributed by atoms with Crippen molar-refractivity contribution in [2.45, 2.75) is 4.90 Å². The van der Waals surface area contributed by atoms with Crippen molar-refractivity contribution < 1.29 is 13.3 Å². The summed E-state index contributed by atoms with van der Waals surface area (Å²) in [5, 5.41) is 11.3. The number of aromatic nitrogens is 1. The number of aromatic amines is 1. The molecule has 1 heterocycles. The third-order valence-electron chi connectivity index (χ3n) is 2.24. The lowest BCUT2D eigenvalue weighted by atomic mass is 10.2. The first-order valence-electron chi connectivity index (χ1n) is 4.35. The minimum atomic E-state index is -3.45. The van der Waals surface area contributed by atoms with Gasteiger partial charge in [-0.3, -0.25) is 10.1 Å². The summed E-state index contributed by atoms with van der Waals surface area (Å²) in [6, 6.07) is 4.07. The minimum absolute atomic E-state index is 0.0497. The molecule has 2 rings (SSSR count). The fraction of sp³-hybridized carbons (Fsp3) is 0.111. The van der Waals surface area contributed by atoms with Crippen LogP contribution >= 0.6 is 0 Å². The summed E-state index contributed by atoms with van der Waals surface area (Å²) in [5.74, 6) is 0. The molecule has 1 N–H and O–H groups in total. The Kier molecular flexibility index (Phi) is 2.20. The van der Waals surface area contributed by atoms with Crippen LogP contribution in [0.1, 0.15) is 0 Å². The van der Waals surface area contributed by atoms with Crippen LogP contribution in [0.4, 0.5) is 5.69 Å². The van der Waals surface area contributed by atoms with E-state index in [0.717, 1.165) is 12.3 Å². The van der Waals surface area contributed by atoms with Crippen molar-refractivity contribution in [1.29, 1.82) is 0 Å². The molecule has 0 spiro atoms. The van der Waals surface area contributed by atoms with Crippen molar-refractivity contribution in [3.05, 3.63) is 34.5 Å². The number of nitrogens with one attached hydrogen (secondary N) is 1. The van der Waals surface area contributed by atoms with Crippen molar-refractivity contribution in [1.82, 2.24) is 4.98 Å². The van der Waals surface area contributed by atoms with Crippen LogP contribution in [0.25, 0.3) is 10.9 Å². The predicted molar refractivity (Wildman–Crippen MR) is 58.1 cm³/mol. The number of hydrogen-bond donors (Lipinski definition) is 1. The summed E-state index contributed by atoms with van der Waals surface area (Å²) in [5.41, 5.74) is 0.0975. The Morgan fingerprint density at radius 2 is 2.06 bits per heavy atom. The second-order valence-corrected chi connectivity index (χ2v) is 5.43. The summed E-state index contributed by atoms with van der Waals surface area (Å²) in [6.45, 7) is 0. The Bertz CT molecular complexity index is 672. The van der Waals surface area contributed by atoms with Gasteiger partial charge in [0.25, 0.3) is 5.69 Å². The molecule has 0 radical (unpaired) electrons. The Morgan fingerprint density at radius 1 is 1.38 bits per heavy atom. The molecule has 2 aromatic rings. The number of hydrogen-bond acceptors (Lipinski definition) is 4. The molecule has 84 valence electrons. The molecule has 0 amide bonds. The van der Waals surface area contributed by atoms with Crippen LogP contribution in [0, 0.1) is 10.1 Å². The van der Waals surface area contributed by atoms with Gasteiger partial charge in [0.15, 0.2) is 9.84 Å². The summed E-state index contributed by atoms with van der Waals surface area (Å²) in [6.07, 6.45) is 2.55. The monoisotopic (exact) mass is 240 g/mol. The van der Waals surface area contributed by atoms with Gasteiger partial charge in [-0.2, -0.15) is 0 Å². The molecule has 7 heteroatoms. The van der Waals surface area contributed by atoms with Crippen LogP contribution in [0.15, 0.2) is 29.3 Å². The Labute approximate surface area is 91.0 Å². The van der Waals surface area contributed by atoms with Crippen LogP contribution in [0.5, 0.6) is 0 Å². The number of nitro groups is 1. The van der Waals surface area contributed by atoms with Crippen LogP contribution in [-0.4, -0.2) is 24.6 Å². The molecule has 6 nitrogen and oxygen atoms in total. The van der Waals surface area contributed by atoms with E-state index in [2.05, 4.69) is 4.98 Å². The maximum absolute atomic E-state index is 11.3. The molecule has 1 aromatic heterocycles. The first-order chi connectivity index (χ1) is 7.39. The van der Waals surface area contributed by atoms with E-state index in [1.54, 1.807) is 6.07 Å². The number of fused-ring (bicyclic) bond motifs is 1. The highest BCUT2D eigenvalue weighted by atomic mass is 32.2. The average molecular weight is 240 g/mol. The van der Waals surface area contributed by atoms with Crippen molar-refractivity contribution >= 4 is 26.4 Å². The minimum Gasteiger partial charge on any atom is -0.356 e. The van der Waals surface area contributed by atoms with Crippen molar-refractivity contribution in [2.75, 3.05) is 6.26 Å². The number of rotatable bonds is 2. The van der Waals surface area contributed by atoms with E-state index >= 15 is 0 Å².